The van der Waals surface area contributed by atoms with Crippen LogP contribution < -0.4 is 0 Å². The molecule has 0 aliphatic carbocycles. The molecule has 1 rings (SSSR count). The Kier molecular flexibility index (Phi) is 5.82. The average molecular weight is 287 g/mol. The lowest BCUT2D eigenvalue weighted by atomic mass is 10.3. The molecule has 1 N–H and O–H groups in total. The van der Waals surface area contributed by atoms with Crippen molar-refractivity contribution in [1.82, 2.24) is 4.31 Å². The molecule has 18 heavy (non-hydrogen) atoms. The highest BCUT2D eigenvalue weighted by molar-refractivity contribution is 7.89. The molecular weight excluding hydrogens is 270 g/mol. The molecule has 1 aromatic heterocycles. The van der Waals surface area contributed by atoms with Crippen LogP contribution in [0.4, 0.5) is 0 Å². The highest BCUT2D eigenvalue weighted by atomic mass is 32.2. The van der Waals surface area contributed by atoms with Gasteiger partial charge in [0, 0.05) is 29.4 Å². The first-order valence-corrected chi connectivity index (χ1v) is 8.09. The van der Waals surface area contributed by atoms with Crippen molar-refractivity contribution in [3.63, 3.8) is 0 Å². The van der Waals surface area contributed by atoms with E-state index in [9.17, 15) is 8.42 Å². The molecule has 1 aromatic rings. The summed E-state index contributed by atoms with van der Waals surface area (Å²) >= 11 is 1.47. The van der Waals surface area contributed by atoms with E-state index in [0.717, 1.165) is 10.4 Å². The Bertz CT molecular complexity index is 537. The first kappa shape index (κ1) is 15.2. The van der Waals surface area contributed by atoms with Crippen LogP contribution in [0.1, 0.15) is 23.8 Å². The van der Waals surface area contributed by atoms with E-state index in [1.165, 1.54) is 15.6 Å². The minimum Gasteiger partial charge on any atom is -0.384 e. The molecule has 4 nitrogen and oxygen atoms in total. The lowest BCUT2D eigenvalue weighted by Crippen LogP contribution is -2.28. The van der Waals surface area contributed by atoms with Gasteiger partial charge in [-0.3, -0.25) is 0 Å². The van der Waals surface area contributed by atoms with E-state index in [1.807, 2.05) is 18.4 Å². The first-order chi connectivity index (χ1) is 8.49. The lowest BCUT2D eigenvalue weighted by molar-refractivity contribution is 0.350. The molecule has 0 aliphatic rings. The molecule has 0 fully saturated rings. The van der Waals surface area contributed by atoms with Crippen LogP contribution in [-0.4, -0.2) is 37.2 Å². The zero-order chi connectivity index (χ0) is 13.6. The Balaban J connectivity index is 2.71. The summed E-state index contributed by atoms with van der Waals surface area (Å²) in [7, 11) is -1.57. The Hall–Kier alpha value is -0.870. The Labute approximate surface area is 112 Å². The van der Waals surface area contributed by atoms with Crippen molar-refractivity contribution in [2.75, 3.05) is 19.4 Å². The van der Waals surface area contributed by atoms with E-state index >= 15 is 0 Å². The van der Waals surface area contributed by atoms with Crippen molar-refractivity contribution in [3.8, 4) is 11.8 Å². The third kappa shape index (κ3) is 4.42. The molecular formula is C12H17NO3S2. The number of aliphatic hydroxyl groups excluding tert-OH is 1. The van der Waals surface area contributed by atoms with E-state index < -0.39 is 10.0 Å². The standard InChI is InChI=1S/C12H17NO3S2/c1-3-7-18(15,16)13(2)9-12-8-11(10-17-12)5-4-6-14/h8,10,14H,3,6-7,9H2,1-2H3. The van der Waals surface area contributed by atoms with Crippen LogP contribution >= 0.6 is 11.3 Å². The highest BCUT2D eigenvalue weighted by Gasteiger charge is 2.17. The predicted molar refractivity (Wildman–Crippen MR) is 73.8 cm³/mol. The molecule has 0 aliphatic heterocycles. The van der Waals surface area contributed by atoms with E-state index in [-0.39, 0.29) is 12.4 Å². The van der Waals surface area contributed by atoms with Gasteiger partial charge >= 0.3 is 0 Å². The molecule has 1 heterocycles. The number of nitrogens with zero attached hydrogens (tertiary/aromatic N) is 1. The molecule has 100 valence electrons. The van der Waals surface area contributed by atoms with E-state index in [1.54, 1.807) is 7.05 Å². The molecule has 6 heteroatoms. The van der Waals surface area contributed by atoms with Gasteiger partial charge in [0.15, 0.2) is 0 Å². The summed E-state index contributed by atoms with van der Waals surface area (Å²) in [6, 6.07) is 1.85. The Morgan fingerprint density at radius 1 is 1.50 bits per heavy atom. The van der Waals surface area contributed by atoms with Crippen LogP contribution in [0.25, 0.3) is 0 Å². The maximum Gasteiger partial charge on any atom is 0.214 e. The second kappa shape index (κ2) is 6.90. The molecule has 0 atom stereocenters. The van der Waals surface area contributed by atoms with Crippen LogP contribution in [0.2, 0.25) is 0 Å². The fourth-order valence-corrected chi connectivity index (χ4v) is 3.52. The van der Waals surface area contributed by atoms with Crippen LogP contribution in [-0.2, 0) is 16.6 Å². The largest absolute Gasteiger partial charge is 0.384 e. The molecule has 0 saturated carbocycles. The van der Waals surface area contributed by atoms with E-state index in [2.05, 4.69) is 11.8 Å². The smallest absolute Gasteiger partial charge is 0.214 e. The quantitative estimate of drug-likeness (QED) is 0.830. The molecule has 0 spiro atoms. The number of hydrogen-bond donors (Lipinski definition) is 1. The number of thiophene rings is 1. The zero-order valence-corrected chi connectivity index (χ0v) is 12.1. The molecule has 0 aromatic carbocycles. The highest BCUT2D eigenvalue weighted by Crippen LogP contribution is 2.17. The van der Waals surface area contributed by atoms with Crippen LogP contribution in [0.15, 0.2) is 11.4 Å². The van der Waals surface area contributed by atoms with Gasteiger partial charge in [0.25, 0.3) is 0 Å². The minimum absolute atomic E-state index is 0.171. The predicted octanol–water partition coefficient (Wildman–Crippen LogP) is 1.26. The first-order valence-electron chi connectivity index (χ1n) is 5.60. The number of hydrogen-bond acceptors (Lipinski definition) is 4. The molecule has 0 unspecified atom stereocenters. The van der Waals surface area contributed by atoms with Gasteiger partial charge in [0.05, 0.1) is 5.75 Å². The van der Waals surface area contributed by atoms with E-state index in [4.69, 9.17) is 5.11 Å². The number of rotatable bonds is 5. The summed E-state index contributed by atoms with van der Waals surface area (Å²) in [6.07, 6.45) is 0.615. The summed E-state index contributed by atoms with van der Waals surface area (Å²) in [4.78, 5) is 0.944. The second-order valence-corrected chi connectivity index (χ2v) is 7.02. The SMILES string of the molecule is CCCS(=O)(=O)N(C)Cc1cc(C#CCO)cs1. The summed E-state index contributed by atoms with van der Waals surface area (Å²) in [5, 5.41) is 10.4. The third-order valence-electron chi connectivity index (χ3n) is 2.28. The summed E-state index contributed by atoms with van der Waals surface area (Å²) in [5.41, 5.74) is 0.810. The van der Waals surface area contributed by atoms with Gasteiger partial charge in [-0.1, -0.05) is 18.8 Å². The van der Waals surface area contributed by atoms with E-state index in [0.29, 0.717) is 13.0 Å². The van der Waals surface area contributed by atoms with Crippen LogP contribution in [0.3, 0.4) is 0 Å². The van der Waals surface area contributed by atoms with Crippen molar-refractivity contribution >= 4 is 21.4 Å². The fraction of sp³-hybridized carbons (Fsp3) is 0.500. The Morgan fingerprint density at radius 3 is 2.83 bits per heavy atom. The minimum atomic E-state index is -3.15. The molecule has 0 radical (unpaired) electrons. The Morgan fingerprint density at radius 2 is 2.22 bits per heavy atom. The molecule has 0 saturated heterocycles. The molecule has 0 bridgehead atoms. The summed E-state index contributed by atoms with van der Waals surface area (Å²) in [5.74, 6) is 5.53. The van der Waals surface area contributed by atoms with Crippen molar-refractivity contribution in [1.29, 1.82) is 0 Å². The van der Waals surface area contributed by atoms with Gasteiger partial charge in [0.1, 0.15) is 6.61 Å². The molecule has 0 amide bonds. The van der Waals surface area contributed by atoms with Gasteiger partial charge < -0.3 is 5.11 Å². The van der Waals surface area contributed by atoms with Gasteiger partial charge in [-0.15, -0.1) is 11.3 Å². The monoisotopic (exact) mass is 287 g/mol. The second-order valence-electron chi connectivity index (χ2n) is 3.83. The topological polar surface area (TPSA) is 57.6 Å². The average Bonchev–Trinajstić information content (AvgIpc) is 2.74. The van der Waals surface area contributed by atoms with Crippen molar-refractivity contribution in [2.24, 2.45) is 0 Å². The number of aliphatic hydroxyl groups is 1. The van der Waals surface area contributed by atoms with Gasteiger partial charge in [-0.25, -0.2) is 8.42 Å². The van der Waals surface area contributed by atoms with Crippen molar-refractivity contribution < 1.29 is 13.5 Å². The van der Waals surface area contributed by atoms with Crippen molar-refractivity contribution in [3.05, 3.63) is 21.9 Å². The lowest BCUT2D eigenvalue weighted by Gasteiger charge is -2.15. The third-order valence-corrected chi connectivity index (χ3v) is 5.21. The van der Waals surface area contributed by atoms with Crippen LogP contribution in [0.5, 0.6) is 0 Å². The maximum atomic E-state index is 11.8. The number of sulfonamides is 1. The van der Waals surface area contributed by atoms with Gasteiger partial charge in [0.2, 0.25) is 10.0 Å². The van der Waals surface area contributed by atoms with Gasteiger partial charge in [-0.05, 0) is 12.5 Å². The van der Waals surface area contributed by atoms with Crippen molar-refractivity contribution in [2.45, 2.75) is 19.9 Å². The van der Waals surface area contributed by atoms with Crippen LogP contribution in [0, 0.1) is 11.8 Å². The summed E-state index contributed by atoms with van der Waals surface area (Å²) in [6.45, 7) is 2.04. The zero-order valence-electron chi connectivity index (χ0n) is 10.5. The summed E-state index contributed by atoms with van der Waals surface area (Å²) < 4.78 is 24.9. The maximum absolute atomic E-state index is 11.8. The normalized spacial score (nSPS) is 11.3. The van der Waals surface area contributed by atoms with Gasteiger partial charge in [-0.2, -0.15) is 4.31 Å². The fourth-order valence-electron chi connectivity index (χ4n) is 1.40.